The number of hydrogen-bond donors (Lipinski definition) is 1. The molecular formula is C21H24N2O7. The fraction of sp³-hybridized carbons (Fsp3) is 0.429. The van der Waals surface area contributed by atoms with Gasteiger partial charge >= 0.3 is 11.7 Å². The summed E-state index contributed by atoms with van der Waals surface area (Å²) in [6.45, 7) is 7.54. The van der Waals surface area contributed by atoms with Gasteiger partial charge in [-0.05, 0) is 27.7 Å². The van der Waals surface area contributed by atoms with E-state index >= 15 is 0 Å². The van der Waals surface area contributed by atoms with Crippen LogP contribution in [-0.4, -0.2) is 36.2 Å². The van der Waals surface area contributed by atoms with Crippen molar-refractivity contribution in [2.24, 2.45) is 0 Å². The molecule has 9 nitrogen and oxygen atoms in total. The second-order valence-corrected chi connectivity index (χ2v) is 7.65. The number of benzene rings is 1. The van der Waals surface area contributed by atoms with Crippen LogP contribution in [0, 0.1) is 10.1 Å². The van der Waals surface area contributed by atoms with Gasteiger partial charge in [-0.3, -0.25) is 14.9 Å². The Balaban J connectivity index is 2.36. The number of fused-ring (bicyclic) bond motifs is 3. The Morgan fingerprint density at radius 1 is 1.23 bits per heavy atom. The van der Waals surface area contributed by atoms with Crippen LogP contribution in [0.25, 0.3) is 0 Å². The molecule has 1 N–H and O–H groups in total. The van der Waals surface area contributed by atoms with Crippen LogP contribution in [0.5, 0.6) is 5.75 Å². The molecule has 160 valence electrons. The minimum Gasteiger partial charge on any atom is -0.486 e. The molecule has 0 radical (unpaired) electrons. The van der Waals surface area contributed by atoms with E-state index in [4.69, 9.17) is 14.2 Å². The van der Waals surface area contributed by atoms with Gasteiger partial charge in [0.05, 0.1) is 23.7 Å². The maximum Gasteiger partial charge on any atom is 0.336 e. The van der Waals surface area contributed by atoms with E-state index in [2.05, 4.69) is 5.32 Å². The van der Waals surface area contributed by atoms with E-state index in [0.717, 1.165) is 0 Å². The Labute approximate surface area is 173 Å². The first kappa shape index (κ1) is 21.4. The van der Waals surface area contributed by atoms with Gasteiger partial charge in [0, 0.05) is 40.9 Å². The first-order valence-corrected chi connectivity index (χ1v) is 9.56. The molecule has 30 heavy (non-hydrogen) atoms. The van der Waals surface area contributed by atoms with Gasteiger partial charge in [-0.1, -0.05) is 12.1 Å². The largest absolute Gasteiger partial charge is 0.486 e. The van der Waals surface area contributed by atoms with Crippen molar-refractivity contribution in [1.82, 2.24) is 5.32 Å². The topological polar surface area (TPSA) is 117 Å². The molecular weight excluding hydrogens is 392 g/mol. The molecule has 2 heterocycles. The van der Waals surface area contributed by atoms with Crippen molar-refractivity contribution in [3.8, 4) is 5.75 Å². The first-order chi connectivity index (χ1) is 14.2. The van der Waals surface area contributed by atoms with Crippen molar-refractivity contribution in [1.29, 1.82) is 0 Å². The minimum atomic E-state index is -1.11. The van der Waals surface area contributed by atoms with Gasteiger partial charge in [0.2, 0.25) is 5.75 Å². The second-order valence-electron chi connectivity index (χ2n) is 7.65. The number of nitro groups is 1. The number of hydrogen-bond acceptors (Lipinski definition) is 8. The second kappa shape index (κ2) is 8.17. The lowest BCUT2D eigenvalue weighted by atomic mass is 9.74. The van der Waals surface area contributed by atoms with E-state index in [9.17, 15) is 19.7 Å². The fourth-order valence-corrected chi connectivity index (χ4v) is 4.10. The van der Waals surface area contributed by atoms with E-state index < -0.39 is 22.4 Å². The summed E-state index contributed by atoms with van der Waals surface area (Å²) in [5.74, 6) is -1.19. The molecule has 0 fully saturated rings. The van der Waals surface area contributed by atoms with Crippen molar-refractivity contribution in [3.05, 3.63) is 56.4 Å². The molecule has 0 saturated carbocycles. The number of allylic oxidation sites excluding steroid dienone is 2. The maximum atomic E-state index is 13.0. The average molecular weight is 416 g/mol. The molecule has 0 bridgehead atoms. The fourth-order valence-electron chi connectivity index (χ4n) is 4.10. The van der Waals surface area contributed by atoms with E-state index in [1.54, 1.807) is 39.8 Å². The molecule has 0 saturated heterocycles. The Kier molecular flexibility index (Phi) is 5.82. The highest BCUT2D eigenvalue weighted by atomic mass is 16.6. The number of esters is 1. The highest BCUT2D eigenvalue weighted by Gasteiger charge is 2.44. The third-order valence-corrected chi connectivity index (χ3v) is 5.27. The molecule has 1 aromatic rings. The molecule has 3 rings (SSSR count). The van der Waals surface area contributed by atoms with Crippen molar-refractivity contribution in [2.75, 3.05) is 13.2 Å². The van der Waals surface area contributed by atoms with Crippen LogP contribution in [0.2, 0.25) is 0 Å². The quantitative estimate of drug-likeness (QED) is 0.344. The van der Waals surface area contributed by atoms with Gasteiger partial charge < -0.3 is 19.5 Å². The van der Waals surface area contributed by atoms with Crippen LogP contribution in [0.15, 0.2) is 40.7 Å². The number of carbonyl (C=O) groups is 2. The monoisotopic (exact) mass is 416 g/mol. The number of nitrogens with one attached hydrogen (secondary N) is 1. The molecule has 0 aliphatic carbocycles. The van der Waals surface area contributed by atoms with Crippen LogP contribution in [-0.2, 0) is 19.1 Å². The molecule has 1 unspecified atom stereocenters. The SMILES string of the molecule is CC1=C2C(=O)OCCCOc3c(cccc3[N+](=O)[O-])C2C(C(C)(C)OC=O)=C(C)N1. The average Bonchev–Trinajstić information content (AvgIpc) is 2.66. The number of carbonyl (C=O) groups excluding carboxylic acids is 2. The summed E-state index contributed by atoms with van der Waals surface area (Å²) < 4.78 is 16.6. The summed E-state index contributed by atoms with van der Waals surface area (Å²) in [7, 11) is 0. The van der Waals surface area contributed by atoms with Crippen molar-refractivity contribution in [2.45, 2.75) is 45.6 Å². The molecule has 9 heteroatoms. The number of ether oxygens (including phenoxy) is 3. The third kappa shape index (κ3) is 3.74. The van der Waals surface area contributed by atoms with Crippen molar-refractivity contribution in [3.63, 3.8) is 0 Å². The predicted octanol–water partition coefficient (Wildman–Crippen LogP) is 3.11. The van der Waals surface area contributed by atoms with Gasteiger partial charge in [-0.25, -0.2) is 4.79 Å². The Morgan fingerprint density at radius 3 is 2.60 bits per heavy atom. The van der Waals surface area contributed by atoms with Crippen LogP contribution in [0.1, 0.15) is 45.6 Å². The first-order valence-electron chi connectivity index (χ1n) is 9.56. The molecule has 0 aromatic heterocycles. The molecule has 0 spiro atoms. The summed E-state index contributed by atoms with van der Waals surface area (Å²) in [5, 5.41) is 14.8. The van der Waals surface area contributed by atoms with Crippen molar-refractivity contribution >= 4 is 18.1 Å². The number of nitro benzene ring substituents is 1. The van der Waals surface area contributed by atoms with E-state index in [-0.39, 0.29) is 24.7 Å². The van der Waals surface area contributed by atoms with Gasteiger partial charge in [-0.15, -0.1) is 0 Å². The molecule has 0 amide bonds. The Bertz CT molecular complexity index is 962. The highest BCUT2D eigenvalue weighted by molar-refractivity contribution is 5.93. The van der Waals surface area contributed by atoms with Gasteiger partial charge in [0.25, 0.3) is 6.47 Å². The zero-order valence-electron chi connectivity index (χ0n) is 17.3. The van der Waals surface area contributed by atoms with Crippen LogP contribution >= 0.6 is 0 Å². The van der Waals surface area contributed by atoms with Crippen LogP contribution in [0.4, 0.5) is 5.69 Å². The summed E-state index contributed by atoms with van der Waals surface area (Å²) in [6.07, 6.45) is 0.392. The number of rotatable bonds is 4. The van der Waals surface area contributed by atoms with Crippen molar-refractivity contribution < 1.29 is 28.7 Å². The number of nitrogens with zero attached hydrogens (tertiary/aromatic N) is 1. The van der Waals surface area contributed by atoms with Gasteiger partial charge in [-0.2, -0.15) is 0 Å². The summed E-state index contributed by atoms with van der Waals surface area (Å²) in [6, 6.07) is 4.60. The Morgan fingerprint density at radius 2 is 1.93 bits per heavy atom. The summed E-state index contributed by atoms with van der Waals surface area (Å²) in [4.78, 5) is 35.4. The van der Waals surface area contributed by atoms with Crippen LogP contribution < -0.4 is 10.1 Å². The standard InChI is InChI=1S/C21H24N2O7/c1-12-16-17(18(13(2)22-12)21(3,4)30-11-24)14-7-5-8-15(23(26)27)19(14)28-9-6-10-29-20(16)25/h5,7-8,11,17,22H,6,9-10H2,1-4H3. The molecule has 2 aliphatic rings. The highest BCUT2D eigenvalue weighted by Crippen LogP contribution is 2.49. The third-order valence-electron chi connectivity index (χ3n) is 5.27. The smallest absolute Gasteiger partial charge is 0.336 e. The number of dihydropyridines is 1. The molecule has 1 atom stereocenters. The maximum absolute atomic E-state index is 13.0. The van der Waals surface area contributed by atoms with E-state index in [0.29, 0.717) is 41.0 Å². The predicted molar refractivity (Wildman–Crippen MR) is 107 cm³/mol. The number of cyclic esters (lactones) is 1. The molecule has 1 aromatic carbocycles. The number of para-hydroxylation sites is 1. The molecule has 2 aliphatic heterocycles. The van der Waals surface area contributed by atoms with E-state index in [1.807, 2.05) is 0 Å². The summed E-state index contributed by atoms with van der Waals surface area (Å²) >= 11 is 0. The van der Waals surface area contributed by atoms with Gasteiger partial charge in [0.15, 0.2) is 0 Å². The van der Waals surface area contributed by atoms with Gasteiger partial charge in [0.1, 0.15) is 5.60 Å². The zero-order valence-corrected chi connectivity index (χ0v) is 17.3. The Hall–Kier alpha value is -3.36. The van der Waals surface area contributed by atoms with Crippen LogP contribution in [0.3, 0.4) is 0 Å². The van der Waals surface area contributed by atoms with E-state index in [1.165, 1.54) is 6.07 Å². The lowest BCUT2D eigenvalue weighted by molar-refractivity contribution is -0.386. The minimum absolute atomic E-state index is 0.0987. The zero-order chi connectivity index (χ0) is 22.1. The summed E-state index contributed by atoms with van der Waals surface area (Å²) in [5.41, 5.74) is 1.26. The normalized spacial score (nSPS) is 19.6. The lowest BCUT2D eigenvalue weighted by Crippen LogP contribution is -2.39. The lowest BCUT2D eigenvalue weighted by Gasteiger charge is -2.39.